The van der Waals surface area contributed by atoms with Crippen LogP contribution in [0.4, 0.5) is 0 Å². The molecule has 5 heteroatoms. The van der Waals surface area contributed by atoms with Crippen LogP contribution in [-0.2, 0) is 7.05 Å². The van der Waals surface area contributed by atoms with E-state index >= 15 is 0 Å². The summed E-state index contributed by atoms with van der Waals surface area (Å²) in [6.45, 7) is 0. The number of hydrogen-bond acceptors (Lipinski definition) is 3. The highest BCUT2D eigenvalue weighted by atomic mass is 35.5. The lowest BCUT2D eigenvalue weighted by molar-refractivity contribution is 0.103. The maximum absolute atomic E-state index is 12.2. The Bertz CT molecular complexity index is 617. The number of nitrogens with zero attached hydrogens (tertiary/aromatic N) is 2. The molecular formula is C13H11ClN2O2. The van der Waals surface area contributed by atoms with Crippen LogP contribution in [0, 0.1) is 0 Å². The highest BCUT2D eigenvalue weighted by molar-refractivity contribution is 6.31. The largest absolute Gasteiger partial charge is 0.411 e. The second kappa shape index (κ2) is 5.06. The number of oxime groups is 1. The Morgan fingerprint density at radius 2 is 2.17 bits per heavy atom. The highest BCUT2D eigenvalue weighted by Gasteiger charge is 2.12. The number of halogens is 1. The zero-order chi connectivity index (χ0) is 13.1. The van der Waals surface area contributed by atoms with Gasteiger partial charge in [0.25, 0.3) is 0 Å². The summed E-state index contributed by atoms with van der Waals surface area (Å²) in [5.41, 5.74) is 1.69. The van der Waals surface area contributed by atoms with Crippen LogP contribution in [-0.4, -0.2) is 21.8 Å². The van der Waals surface area contributed by atoms with E-state index in [0.29, 0.717) is 21.8 Å². The highest BCUT2D eigenvalue weighted by Crippen LogP contribution is 2.16. The van der Waals surface area contributed by atoms with E-state index in [2.05, 4.69) is 5.16 Å². The summed E-state index contributed by atoms with van der Waals surface area (Å²) < 4.78 is 1.71. The zero-order valence-electron chi connectivity index (χ0n) is 9.67. The zero-order valence-corrected chi connectivity index (χ0v) is 10.4. The number of aryl methyl sites for hydroxylation is 1. The van der Waals surface area contributed by atoms with Crippen LogP contribution in [0.2, 0.25) is 5.02 Å². The molecule has 0 bridgehead atoms. The van der Waals surface area contributed by atoms with Gasteiger partial charge in [-0.1, -0.05) is 28.9 Å². The van der Waals surface area contributed by atoms with Gasteiger partial charge in [0.15, 0.2) is 5.78 Å². The molecule has 0 saturated carbocycles. The van der Waals surface area contributed by atoms with Crippen LogP contribution in [0.25, 0.3) is 0 Å². The Balaban J connectivity index is 2.37. The van der Waals surface area contributed by atoms with Crippen LogP contribution < -0.4 is 0 Å². The van der Waals surface area contributed by atoms with Gasteiger partial charge < -0.3 is 9.77 Å². The molecule has 0 atom stereocenters. The van der Waals surface area contributed by atoms with Crippen molar-refractivity contribution in [1.82, 2.24) is 4.57 Å². The van der Waals surface area contributed by atoms with Crippen molar-refractivity contribution < 1.29 is 10.0 Å². The van der Waals surface area contributed by atoms with Crippen LogP contribution in [0.3, 0.4) is 0 Å². The fourth-order valence-electron chi connectivity index (χ4n) is 1.69. The topological polar surface area (TPSA) is 54.6 Å². The minimum Gasteiger partial charge on any atom is -0.411 e. The summed E-state index contributed by atoms with van der Waals surface area (Å²) >= 11 is 5.85. The summed E-state index contributed by atoms with van der Waals surface area (Å²) in [6, 6.07) is 8.43. The van der Waals surface area contributed by atoms with Gasteiger partial charge in [0, 0.05) is 29.4 Å². The third kappa shape index (κ3) is 2.43. The summed E-state index contributed by atoms with van der Waals surface area (Å²) in [6.07, 6.45) is 2.95. The lowest BCUT2D eigenvalue weighted by Gasteiger charge is -1.98. The fourth-order valence-corrected chi connectivity index (χ4v) is 1.88. The minimum atomic E-state index is -0.120. The minimum absolute atomic E-state index is 0.120. The maximum atomic E-state index is 12.2. The predicted octanol–water partition coefficient (Wildman–Crippen LogP) is 2.72. The second-order valence-electron chi connectivity index (χ2n) is 3.85. The molecule has 0 spiro atoms. The van der Waals surface area contributed by atoms with Crippen LogP contribution in [0.5, 0.6) is 0 Å². The number of carbonyl (C=O) groups is 1. The van der Waals surface area contributed by atoms with Crippen LogP contribution >= 0.6 is 11.6 Å². The van der Waals surface area contributed by atoms with Crippen molar-refractivity contribution in [3.63, 3.8) is 0 Å². The Labute approximate surface area is 109 Å². The molecule has 0 unspecified atom stereocenters. The molecule has 92 valence electrons. The van der Waals surface area contributed by atoms with Crippen molar-refractivity contribution in [2.75, 3.05) is 0 Å². The number of aromatic nitrogens is 1. The summed E-state index contributed by atoms with van der Waals surface area (Å²) in [7, 11) is 1.77. The monoisotopic (exact) mass is 262 g/mol. The number of hydrogen-bond donors (Lipinski definition) is 1. The first-order valence-corrected chi connectivity index (χ1v) is 5.63. The van der Waals surface area contributed by atoms with Gasteiger partial charge in [0.2, 0.25) is 0 Å². The Kier molecular flexibility index (Phi) is 3.48. The number of benzene rings is 1. The number of carbonyl (C=O) groups excluding carboxylic acids is 1. The molecule has 0 aliphatic heterocycles. The van der Waals surface area contributed by atoms with Gasteiger partial charge in [-0.05, 0) is 18.2 Å². The van der Waals surface area contributed by atoms with Crippen molar-refractivity contribution in [3.8, 4) is 0 Å². The molecule has 2 aromatic rings. The summed E-state index contributed by atoms with van der Waals surface area (Å²) in [4.78, 5) is 12.2. The van der Waals surface area contributed by atoms with Crippen LogP contribution in [0.1, 0.15) is 21.6 Å². The van der Waals surface area contributed by atoms with Gasteiger partial charge in [0.1, 0.15) is 0 Å². The van der Waals surface area contributed by atoms with Gasteiger partial charge in [-0.3, -0.25) is 4.79 Å². The lowest BCUT2D eigenvalue weighted by atomic mass is 10.1. The van der Waals surface area contributed by atoms with E-state index in [-0.39, 0.29) is 5.78 Å². The lowest BCUT2D eigenvalue weighted by Crippen LogP contribution is -1.99. The molecule has 2 rings (SSSR count). The van der Waals surface area contributed by atoms with E-state index in [9.17, 15) is 4.79 Å². The van der Waals surface area contributed by atoms with Crippen molar-refractivity contribution in [3.05, 3.63) is 58.4 Å². The maximum Gasteiger partial charge on any atom is 0.194 e. The second-order valence-corrected chi connectivity index (χ2v) is 4.29. The summed E-state index contributed by atoms with van der Waals surface area (Å²) in [5.74, 6) is -0.120. The number of rotatable bonds is 3. The van der Waals surface area contributed by atoms with Crippen LogP contribution in [0.15, 0.2) is 41.7 Å². The fraction of sp³-hybridized carbons (Fsp3) is 0.0769. The van der Waals surface area contributed by atoms with Gasteiger partial charge in [0.05, 0.1) is 11.9 Å². The quantitative estimate of drug-likeness (QED) is 0.400. The van der Waals surface area contributed by atoms with Gasteiger partial charge in [-0.15, -0.1) is 0 Å². The third-order valence-corrected chi connectivity index (χ3v) is 2.82. The van der Waals surface area contributed by atoms with E-state index in [1.54, 1.807) is 48.1 Å². The molecular weight excluding hydrogens is 252 g/mol. The molecule has 4 nitrogen and oxygen atoms in total. The molecule has 0 aliphatic rings. The van der Waals surface area contributed by atoms with Crippen molar-refractivity contribution in [2.45, 2.75) is 0 Å². The molecule has 0 fully saturated rings. The van der Waals surface area contributed by atoms with Crippen molar-refractivity contribution >= 4 is 23.6 Å². The molecule has 0 aliphatic carbocycles. The van der Waals surface area contributed by atoms with E-state index in [1.165, 1.54) is 6.21 Å². The molecule has 1 heterocycles. The standard InChI is InChI=1S/C13H11ClN2O2/c1-16-8-10(6-12(16)7-15-18)13(17)9-3-2-4-11(14)5-9/h2-8,18H,1H3. The smallest absolute Gasteiger partial charge is 0.194 e. The average Bonchev–Trinajstić information content (AvgIpc) is 2.71. The van der Waals surface area contributed by atoms with Gasteiger partial charge in [-0.2, -0.15) is 0 Å². The molecule has 0 radical (unpaired) electrons. The average molecular weight is 263 g/mol. The SMILES string of the molecule is Cn1cc(C(=O)c2cccc(Cl)c2)cc1C=NO. The summed E-state index contributed by atoms with van der Waals surface area (Å²) in [5, 5.41) is 12.0. The first-order chi connectivity index (χ1) is 8.61. The third-order valence-electron chi connectivity index (χ3n) is 2.58. The van der Waals surface area contributed by atoms with Crippen molar-refractivity contribution in [1.29, 1.82) is 0 Å². The Hall–Kier alpha value is -2.07. The first-order valence-electron chi connectivity index (χ1n) is 5.26. The van der Waals surface area contributed by atoms with Gasteiger partial charge >= 0.3 is 0 Å². The molecule has 0 saturated heterocycles. The van der Waals surface area contributed by atoms with E-state index in [0.717, 1.165) is 0 Å². The molecule has 1 aromatic carbocycles. The normalized spacial score (nSPS) is 11.0. The first kappa shape index (κ1) is 12.4. The molecule has 18 heavy (non-hydrogen) atoms. The Morgan fingerprint density at radius 1 is 1.39 bits per heavy atom. The predicted molar refractivity (Wildman–Crippen MR) is 69.7 cm³/mol. The molecule has 1 N–H and O–H groups in total. The van der Waals surface area contributed by atoms with E-state index in [1.807, 2.05) is 0 Å². The number of ketones is 1. The van der Waals surface area contributed by atoms with E-state index < -0.39 is 0 Å². The van der Waals surface area contributed by atoms with Gasteiger partial charge in [-0.25, -0.2) is 0 Å². The van der Waals surface area contributed by atoms with E-state index in [4.69, 9.17) is 16.8 Å². The molecule has 0 amide bonds. The van der Waals surface area contributed by atoms with Crippen molar-refractivity contribution in [2.24, 2.45) is 12.2 Å². The molecule has 1 aromatic heterocycles. The Morgan fingerprint density at radius 3 is 2.83 bits per heavy atom.